The van der Waals surface area contributed by atoms with Crippen molar-refractivity contribution in [2.75, 3.05) is 0 Å². The Bertz CT molecular complexity index is 240. The van der Waals surface area contributed by atoms with E-state index in [2.05, 4.69) is 0 Å². The molecule has 1 aromatic rings. The highest BCUT2D eigenvalue weighted by atomic mass is 32.1. The Morgan fingerprint density at radius 2 is 2.09 bits per heavy atom. The van der Waals surface area contributed by atoms with E-state index in [-0.39, 0.29) is 5.82 Å². The van der Waals surface area contributed by atoms with Crippen LogP contribution in [-0.2, 0) is 5.60 Å². The first-order chi connectivity index (χ1) is 4.91. The van der Waals surface area contributed by atoms with Crippen LogP contribution in [0, 0.1) is 12.7 Å². The van der Waals surface area contributed by atoms with Crippen molar-refractivity contribution in [3.8, 4) is 0 Å². The van der Waals surface area contributed by atoms with Crippen LogP contribution >= 0.6 is 11.3 Å². The van der Waals surface area contributed by atoms with Gasteiger partial charge in [-0.05, 0) is 26.8 Å². The Morgan fingerprint density at radius 1 is 1.55 bits per heavy atom. The molecule has 0 aliphatic heterocycles. The average Bonchev–Trinajstić information content (AvgIpc) is 2.11. The summed E-state index contributed by atoms with van der Waals surface area (Å²) in [5.74, 6) is -0.230. The minimum atomic E-state index is -0.917. The summed E-state index contributed by atoms with van der Waals surface area (Å²) in [5.41, 5.74) is -0.917. The lowest BCUT2D eigenvalue weighted by Gasteiger charge is -2.13. The lowest BCUT2D eigenvalue weighted by molar-refractivity contribution is 0.0823. The molecule has 0 radical (unpaired) electrons. The minimum absolute atomic E-state index is 0.230. The van der Waals surface area contributed by atoms with E-state index in [1.54, 1.807) is 20.8 Å². The fraction of sp³-hybridized carbons (Fsp3) is 0.500. The van der Waals surface area contributed by atoms with Gasteiger partial charge in [0.1, 0.15) is 5.82 Å². The highest BCUT2D eigenvalue weighted by Crippen LogP contribution is 2.29. The van der Waals surface area contributed by atoms with E-state index in [1.807, 2.05) is 0 Å². The molecular formula is C8H11FOS. The van der Waals surface area contributed by atoms with Crippen LogP contribution in [0.3, 0.4) is 0 Å². The average molecular weight is 174 g/mol. The predicted molar refractivity (Wildman–Crippen MR) is 44.3 cm³/mol. The van der Waals surface area contributed by atoms with Crippen molar-refractivity contribution in [1.29, 1.82) is 0 Å². The molecular weight excluding hydrogens is 163 g/mol. The molecule has 0 bridgehead atoms. The predicted octanol–water partition coefficient (Wildman–Crippen LogP) is 2.42. The number of rotatable bonds is 1. The van der Waals surface area contributed by atoms with E-state index in [9.17, 15) is 9.50 Å². The maximum atomic E-state index is 12.8. The SMILES string of the molecule is Cc1sc(C(C)(C)O)cc1F. The number of aryl methyl sites for hydroxylation is 1. The molecule has 0 aliphatic rings. The van der Waals surface area contributed by atoms with Gasteiger partial charge in [-0.25, -0.2) is 4.39 Å². The van der Waals surface area contributed by atoms with Crippen LogP contribution < -0.4 is 0 Å². The molecule has 0 fully saturated rings. The van der Waals surface area contributed by atoms with Crippen molar-refractivity contribution in [2.45, 2.75) is 26.4 Å². The van der Waals surface area contributed by atoms with Gasteiger partial charge in [0.25, 0.3) is 0 Å². The molecule has 1 nitrogen and oxygen atoms in total. The first-order valence-electron chi connectivity index (χ1n) is 3.40. The zero-order valence-corrected chi connectivity index (χ0v) is 7.63. The van der Waals surface area contributed by atoms with Crippen LogP contribution in [0.25, 0.3) is 0 Å². The lowest BCUT2D eigenvalue weighted by atomic mass is 10.1. The van der Waals surface area contributed by atoms with E-state index in [0.29, 0.717) is 9.75 Å². The number of halogens is 1. The quantitative estimate of drug-likeness (QED) is 0.693. The normalized spacial score (nSPS) is 12.1. The standard InChI is InChI=1S/C8H11FOS/c1-5-6(9)4-7(11-5)8(2,3)10/h4,10H,1-3H3. The van der Waals surface area contributed by atoms with E-state index in [0.717, 1.165) is 0 Å². The summed E-state index contributed by atoms with van der Waals surface area (Å²) in [6.45, 7) is 5.00. The largest absolute Gasteiger partial charge is 0.385 e. The lowest BCUT2D eigenvalue weighted by Crippen LogP contribution is -2.12. The second kappa shape index (κ2) is 2.57. The highest BCUT2D eigenvalue weighted by molar-refractivity contribution is 7.12. The van der Waals surface area contributed by atoms with Gasteiger partial charge in [0, 0.05) is 9.75 Å². The molecule has 3 heteroatoms. The van der Waals surface area contributed by atoms with Gasteiger partial charge in [0.15, 0.2) is 0 Å². The molecule has 11 heavy (non-hydrogen) atoms. The third kappa shape index (κ3) is 1.79. The van der Waals surface area contributed by atoms with Crippen molar-refractivity contribution in [3.63, 3.8) is 0 Å². The fourth-order valence-electron chi connectivity index (χ4n) is 0.761. The third-order valence-corrected chi connectivity index (χ3v) is 2.80. The number of hydrogen-bond acceptors (Lipinski definition) is 2. The summed E-state index contributed by atoms with van der Waals surface area (Å²) in [6.07, 6.45) is 0. The third-order valence-electron chi connectivity index (χ3n) is 1.46. The smallest absolute Gasteiger partial charge is 0.137 e. The van der Waals surface area contributed by atoms with Crippen LogP contribution in [0.15, 0.2) is 6.07 Å². The molecule has 62 valence electrons. The topological polar surface area (TPSA) is 20.2 Å². The molecule has 0 atom stereocenters. The number of thiophene rings is 1. The Balaban J connectivity index is 3.08. The van der Waals surface area contributed by atoms with E-state index >= 15 is 0 Å². The van der Waals surface area contributed by atoms with Crippen LogP contribution in [0.2, 0.25) is 0 Å². The summed E-state index contributed by atoms with van der Waals surface area (Å²) in [6, 6.07) is 1.39. The van der Waals surface area contributed by atoms with E-state index in [1.165, 1.54) is 17.4 Å². The Morgan fingerprint density at radius 3 is 2.27 bits per heavy atom. The van der Waals surface area contributed by atoms with Crippen molar-refractivity contribution in [3.05, 3.63) is 21.6 Å². The summed E-state index contributed by atoms with van der Waals surface area (Å²) < 4.78 is 12.8. The molecule has 1 N–H and O–H groups in total. The molecule has 1 aromatic heterocycles. The summed E-state index contributed by atoms with van der Waals surface area (Å²) in [7, 11) is 0. The first kappa shape index (κ1) is 8.68. The number of hydrogen-bond donors (Lipinski definition) is 1. The van der Waals surface area contributed by atoms with Crippen molar-refractivity contribution >= 4 is 11.3 Å². The van der Waals surface area contributed by atoms with Gasteiger partial charge in [-0.3, -0.25) is 0 Å². The van der Waals surface area contributed by atoms with Gasteiger partial charge in [0.05, 0.1) is 5.60 Å². The molecule has 0 unspecified atom stereocenters. The van der Waals surface area contributed by atoms with Gasteiger partial charge in [-0.2, -0.15) is 0 Å². The highest BCUT2D eigenvalue weighted by Gasteiger charge is 2.19. The Kier molecular flexibility index (Phi) is 2.03. The minimum Gasteiger partial charge on any atom is -0.385 e. The zero-order chi connectivity index (χ0) is 8.65. The molecule has 0 aromatic carbocycles. The van der Waals surface area contributed by atoms with Crippen molar-refractivity contribution < 1.29 is 9.50 Å². The fourth-order valence-corrected chi connectivity index (χ4v) is 1.66. The van der Waals surface area contributed by atoms with Crippen LogP contribution in [0.5, 0.6) is 0 Å². The maximum Gasteiger partial charge on any atom is 0.137 e. The van der Waals surface area contributed by atoms with Gasteiger partial charge in [-0.15, -0.1) is 11.3 Å². The molecule has 1 rings (SSSR count). The zero-order valence-electron chi connectivity index (χ0n) is 6.81. The van der Waals surface area contributed by atoms with Gasteiger partial charge >= 0.3 is 0 Å². The Labute approximate surface area is 69.5 Å². The molecule has 0 aliphatic carbocycles. The molecule has 0 saturated heterocycles. The van der Waals surface area contributed by atoms with Crippen molar-refractivity contribution in [1.82, 2.24) is 0 Å². The number of aliphatic hydroxyl groups is 1. The van der Waals surface area contributed by atoms with Crippen LogP contribution in [-0.4, -0.2) is 5.11 Å². The van der Waals surface area contributed by atoms with Crippen molar-refractivity contribution in [2.24, 2.45) is 0 Å². The van der Waals surface area contributed by atoms with E-state index in [4.69, 9.17) is 0 Å². The van der Waals surface area contributed by atoms with E-state index < -0.39 is 5.60 Å². The van der Waals surface area contributed by atoms with Crippen LogP contribution in [0.1, 0.15) is 23.6 Å². The van der Waals surface area contributed by atoms with Gasteiger partial charge in [-0.1, -0.05) is 0 Å². The molecule has 0 spiro atoms. The molecule has 0 amide bonds. The monoisotopic (exact) mass is 174 g/mol. The summed E-state index contributed by atoms with van der Waals surface area (Å²) in [4.78, 5) is 1.30. The molecule has 0 saturated carbocycles. The molecule has 1 heterocycles. The van der Waals surface area contributed by atoms with Gasteiger partial charge in [0.2, 0.25) is 0 Å². The second-order valence-electron chi connectivity index (χ2n) is 3.07. The first-order valence-corrected chi connectivity index (χ1v) is 4.21. The van der Waals surface area contributed by atoms with Gasteiger partial charge < -0.3 is 5.11 Å². The maximum absolute atomic E-state index is 12.8. The van der Waals surface area contributed by atoms with Crippen LogP contribution in [0.4, 0.5) is 4.39 Å². The summed E-state index contributed by atoms with van der Waals surface area (Å²) in [5, 5.41) is 9.47. The second-order valence-corrected chi connectivity index (χ2v) is 4.33. The Hall–Kier alpha value is -0.410. The summed E-state index contributed by atoms with van der Waals surface area (Å²) >= 11 is 1.30.